The van der Waals surface area contributed by atoms with Gasteiger partial charge in [0.05, 0.1) is 0 Å². The molecule has 0 radical (unpaired) electrons. The highest BCUT2D eigenvalue weighted by molar-refractivity contribution is 5.77. The lowest BCUT2D eigenvalue weighted by atomic mass is 10.1. The molecule has 0 aromatic heterocycles. The van der Waals surface area contributed by atoms with Crippen molar-refractivity contribution >= 4 is 11.6 Å². The van der Waals surface area contributed by atoms with Crippen molar-refractivity contribution in [3.8, 4) is 11.5 Å². The molecule has 2 aromatic carbocycles. The zero-order chi connectivity index (χ0) is 19.6. The van der Waals surface area contributed by atoms with Gasteiger partial charge >= 0.3 is 0 Å². The highest BCUT2D eigenvalue weighted by Crippen LogP contribution is 2.33. The lowest BCUT2D eigenvalue weighted by molar-refractivity contribution is -0.132. The zero-order valence-electron chi connectivity index (χ0n) is 16.7. The molecule has 0 atom stereocenters. The number of hydrogen-bond donors (Lipinski definition) is 0. The number of amides is 1. The van der Waals surface area contributed by atoms with Crippen LogP contribution in [-0.2, 0) is 17.8 Å². The summed E-state index contributed by atoms with van der Waals surface area (Å²) in [5.74, 6) is 1.93. The van der Waals surface area contributed by atoms with Crippen LogP contribution in [0.15, 0.2) is 42.5 Å². The van der Waals surface area contributed by atoms with Crippen molar-refractivity contribution < 1.29 is 14.3 Å². The van der Waals surface area contributed by atoms with E-state index in [1.54, 1.807) is 0 Å². The Hall–Kier alpha value is -2.73. The molecule has 1 amide bonds. The number of rotatable bonds is 5. The van der Waals surface area contributed by atoms with Gasteiger partial charge in [-0.15, -0.1) is 0 Å². The first-order chi connectivity index (χ1) is 14.3. The van der Waals surface area contributed by atoms with E-state index >= 15 is 0 Å². The monoisotopic (exact) mass is 393 g/mol. The lowest BCUT2D eigenvalue weighted by Gasteiger charge is -2.35. The second-order valence-electron chi connectivity index (χ2n) is 7.96. The minimum absolute atomic E-state index is 0.275. The third-order valence-electron chi connectivity index (χ3n) is 6.15. The van der Waals surface area contributed by atoms with E-state index in [4.69, 9.17) is 9.47 Å². The van der Waals surface area contributed by atoms with Gasteiger partial charge in [-0.3, -0.25) is 9.69 Å². The van der Waals surface area contributed by atoms with Crippen LogP contribution in [0.4, 0.5) is 5.69 Å². The highest BCUT2D eigenvalue weighted by atomic mass is 16.7. The van der Waals surface area contributed by atoms with Crippen molar-refractivity contribution in [1.82, 2.24) is 9.80 Å². The van der Waals surface area contributed by atoms with Gasteiger partial charge in [0.2, 0.25) is 12.7 Å². The molecule has 0 unspecified atom stereocenters. The molecule has 5 rings (SSSR count). The fourth-order valence-corrected chi connectivity index (χ4v) is 4.48. The number of hydrogen-bond acceptors (Lipinski definition) is 5. The minimum Gasteiger partial charge on any atom is -0.454 e. The van der Waals surface area contributed by atoms with Crippen LogP contribution >= 0.6 is 0 Å². The summed E-state index contributed by atoms with van der Waals surface area (Å²) < 4.78 is 10.8. The van der Waals surface area contributed by atoms with E-state index in [1.165, 1.54) is 16.8 Å². The van der Waals surface area contributed by atoms with Crippen LogP contribution in [0.2, 0.25) is 0 Å². The Labute approximate surface area is 171 Å². The molecule has 6 nitrogen and oxygen atoms in total. The predicted octanol–water partition coefficient (Wildman–Crippen LogP) is 2.51. The first kappa shape index (κ1) is 18.3. The summed E-state index contributed by atoms with van der Waals surface area (Å²) in [6, 6.07) is 14.7. The highest BCUT2D eigenvalue weighted by Gasteiger charge is 2.24. The van der Waals surface area contributed by atoms with Gasteiger partial charge < -0.3 is 19.3 Å². The molecule has 0 aliphatic carbocycles. The van der Waals surface area contributed by atoms with Crippen LogP contribution < -0.4 is 14.4 Å². The second kappa shape index (κ2) is 7.95. The largest absolute Gasteiger partial charge is 0.454 e. The predicted molar refractivity (Wildman–Crippen MR) is 111 cm³/mol. The van der Waals surface area contributed by atoms with Crippen molar-refractivity contribution in [2.75, 3.05) is 51.0 Å². The smallest absolute Gasteiger partial charge is 0.231 e. The van der Waals surface area contributed by atoms with Gasteiger partial charge in [-0.05, 0) is 35.7 Å². The van der Waals surface area contributed by atoms with E-state index in [0.717, 1.165) is 63.7 Å². The molecular formula is C23H27N3O3. The first-order valence-electron chi connectivity index (χ1n) is 10.5. The molecule has 1 fully saturated rings. The van der Waals surface area contributed by atoms with Crippen LogP contribution in [0.3, 0.4) is 0 Å². The maximum Gasteiger partial charge on any atom is 0.231 e. The third-order valence-corrected chi connectivity index (χ3v) is 6.15. The first-order valence-corrected chi connectivity index (χ1v) is 10.5. The molecule has 0 bridgehead atoms. The van der Waals surface area contributed by atoms with Crippen LogP contribution in [-0.4, -0.2) is 61.8 Å². The number of carbonyl (C=O) groups excluding carboxylic acids is 1. The number of carbonyl (C=O) groups is 1. The van der Waals surface area contributed by atoms with Crippen LogP contribution in [0, 0.1) is 0 Å². The lowest BCUT2D eigenvalue weighted by Crippen LogP contribution is -2.48. The van der Waals surface area contributed by atoms with Crippen molar-refractivity contribution in [3.05, 3.63) is 53.6 Å². The molecular weight excluding hydrogens is 366 g/mol. The SMILES string of the molecule is O=C(CCN1CCc2ccccc21)N1CCN(Cc2ccc3c(c2)OCO3)CC1. The quantitative estimate of drug-likeness (QED) is 0.781. The number of nitrogens with zero attached hydrogens (tertiary/aromatic N) is 3. The van der Waals surface area contributed by atoms with Crippen molar-refractivity contribution in [2.45, 2.75) is 19.4 Å². The summed E-state index contributed by atoms with van der Waals surface area (Å²) in [4.78, 5) is 19.5. The van der Waals surface area contributed by atoms with Gasteiger partial charge in [0.15, 0.2) is 11.5 Å². The molecule has 152 valence electrons. The molecule has 1 saturated heterocycles. The maximum atomic E-state index is 12.7. The molecule has 0 saturated carbocycles. The summed E-state index contributed by atoms with van der Waals surface area (Å²) >= 11 is 0. The average Bonchev–Trinajstić information content (AvgIpc) is 3.39. The molecule has 29 heavy (non-hydrogen) atoms. The van der Waals surface area contributed by atoms with Gasteiger partial charge in [0.1, 0.15) is 0 Å². The van der Waals surface area contributed by atoms with Gasteiger partial charge in [0.25, 0.3) is 0 Å². The molecule has 3 aliphatic heterocycles. The van der Waals surface area contributed by atoms with Crippen LogP contribution in [0.5, 0.6) is 11.5 Å². The van der Waals surface area contributed by atoms with E-state index in [2.05, 4.69) is 46.2 Å². The molecule has 3 aliphatic rings. The van der Waals surface area contributed by atoms with E-state index in [0.29, 0.717) is 13.2 Å². The Morgan fingerprint density at radius 1 is 0.931 bits per heavy atom. The normalized spacial score (nSPS) is 18.2. The number of para-hydroxylation sites is 1. The fourth-order valence-electron chi connectivity index (χ4n) is 4.48. The maximum absolute atomic E-state index is 12.7. The standard InChI is InChI=1S/C23H27N3O3/c27-23(8-10-25-9-7-19-3-1-2-4-20(19)25)26-13-11-24(12-14-26)16-18-5-6-21-22(15-18)29-17-28-21/h1-6,15H,7-14,16-17H2. The van der Waals surface area contributed by atoms with Gasteiger partial charge in [0, 0.05) is 57.9 Å². The van der Waals surface area contributed by atoms with E-state index in [-0.39, 0.29) is 5.91 Å². The van der Waals surface area contributed by atoms with Gasteiger partial charge in [-0.25, -0.2) is 0 Å². The van der Waals surface area contributed by atoms with Crippen molar-refractivity contribution in [1.29, 1.82) is 0 Å². The van der Waals surface area contributed by atoms with Crippen LogP contribution in [0.1, 0.15) is 17.5 Å². The Morgan fingerprint density at radius 2 is 1.76 bits per heavy atom. The average molecular weight is 393 g/mol. The number of anilines is 1. The molecule has 0 N–H and O–H groups in total. The minimum atomic E-state index is 0.275. The topological polar surface area (TPSA) is 45.3 Å². The third kappa shape index (κ3) is 3.90. The second-order valence-corrected chi connectivity index (χ2v) is 7.96. The van der Waals surface area contributed by atoms with Crippen LogP contribution in [0.25, 0.3) is 0 Å². The Balaban J connectivity index is 1.09. The Kier molecular flexibility index (Phi) is 5.02. The molecule has 2 aromatic rings. The molecule has 0 spiro atoms. The van der Waals surface area contributed by atoms with Gasteiger partial charge in [-0.1, -0.05) is 24.3 Å². The zero-order valence-corrected chi connectivity index (χ0v) is 16.7. The number of benzene rings is 2. The Morgan fingerprint density at radius 3 is 2.66 bits per heavy atom. The van der Waals surface area contributed by atoms with Gasteiger partial charge in [-0.2, -0.15) is 0 Å². The summed E-state index contributed by atoms with van der Waals surface area (Å²) in [5.41, 5.74) is 3.92. The summed E-state index contributed by atoms with van der Waals surface area (Å²) in [5, 5.41) is 0. The summed E-state index contributed by atoms with van der Waals surface area (Å²) in [6.07, 6.45) is 1.68. The summed E-state index contributed by atoms with van der Waals surface area (Å²) in [6.45, 7) is 6.45. The molecule has 3 heterocycles. The summed E-state index contributed by atoms with van der Waals surface area (Å²) in [7, 11) is 0. The molecule has 6 heteroatoms. The number of ether oxygens (including phenoxy) is 2. The fraction of sp³-hybridized carbons (Fsp3) is 0.435. The van der Waals surface area contributed by atoms with E-state index < -0.39 is 0 Å². The van der Waals surface area contributed by atoms with Crippen molar-refractivity contribution in [3.63, 3.8) is 0 Å². The number of fused-ring (bicyclic) bond motifs is 2. The Bertz CT molecular complexity index is 893. The number of piperazine rings is 1. The van der Waals surface area contributed by atoms with E-state index in [9.17, 15) is 4.79 Å². The van der Waals surface area contributed by atoms with E-state index in [1.807, 2.05) is 11.0 Å². The van der Waals surface area contributed by atoms with Crippen molar-refractivity contribution in [2.24, 2.45) is 0 Å².